The molecular formula is C21H20N2O4S. The predicted octanol–water partition coefficient (Wildman–Crippen LogP) is 3.65. The molecule has 4 rings (SSSR count). The van der Waals surface area contributed by atoms with Gasteiger partial charge in [0.05, 0.1) is 10.9 Å². The molecule has 2 N–H and O–H groups in total. The van der Waals surface area contributed by atoms with Crippen LogP contribution in [0.15, 0.2) is 33.5 Å². The van der Waals surface area contributed by atoms with Crippen LogP contribution in [-0.2, 0) is 12.8 Å². The number of carbonyl (C=O) groups is 2. The zero-order valence-corrected chi connectivity index (χ0v) is 16.5. The van der Waals surface area contributed by atoms with Gasteiger partial charge in [-0.2, -0.15) is 0 Å². The van der Waals surface area contributed by atoms with Gasteiger partial charge in [0.25, 0.3) is 11.8 Å². The maximum absolute atomic E-state index is 12.8. The molecule has 0 atom stereocenters. The molecule has 0 radical (unpaired) electrons. The number of hydrogen-bond acceptors (Lipinski definition) is 5. The van der Waals surface area contributed by atoms with Gasteiger partial charge in [-0.1, -0.05) is 12.1 Å². The average Bonchev–Trinajstić information content (AvgIpc) is 3.05. The Labute approximate surface area is 165 Å². The maximum atomic E-state index is 12.8. The fourth-order valence-electron chi connectivity index (χ4n) is 3.61. The summed E-state index contributed by atoms with van der Waals surface area (Å²) >= 11 is 1.43. The highest BCUT2D eigenvalue weighted by molar-refractivity contribution is 7.17. The van der Waals surface area contributed by atoms with Crippen LogP contribution in [0.1, 0.15) is 49.8 Å². The second-order valence-corrected chi connectivity index (χ2v) is 7.98. The molecule has 28 heavy (non-hydrogen) atoms. The highest BCUT2D eigenvalue weighted by Crippen LogP contribution is 2.38. The van der Waals surface area contributed by atoms with E-state index >= 15 is 0 Å². The van der Waals surface area contributed by atoms with Crippen LogP contribution < -0.4 is 16.1 Å². The first-order chi connectivity index (χ1) is 13.5. The number of thiophene rings is 1. The highest BCUT2D eigenvalue weighted by atomic mass is 32.1. The van der Waals surface area contributed by atoms with Crippen LogP contribution in [0.3, 0.4) is 0 Å². The minimum Gasteiger partial charge on any atom is -0.450 e. The van der Waals surface area contributed by atoms with E-state index in [0.29, 0.717) is 21.5 Å². The third-order valence-corrected chi connectivity index (χ3v) is 6.24. The Morgan fingerprint density at radius 1 is 1.14 bits per heavy atom. The van der Waals surface area contributed by atoms with E-state index in [4.69, 9.17) is 4.42 Å². The molecule has 1 aromatic carbocycles. The number of hydrogen-bond donors (Lipinski definition) is 2. The second-order valence-electron chi connectivity index (χ2n) is 6.87. The third-order valence-electron chi connectivity index (χ3n) is 5.03. The smallest absolute Gasteiger partial charge is 0.292 e. The van der Waals surface area contributed by atoms with Gasteiger partial charge in [-0.3, -0.25) is 14.4 Å². The molecule has 0 unspecified atom stereocenters. The van der Waals surface area contributed by atoms with Crippen molar-refractivity contribution in [1.82, 2.24) is 5.32 Å². The molecule has 3 aromatic rings. The topological polar surface area (TPSA) is 88.4 Å². The van der Waals surface area contributed by atoms with E-state index in [1.807, 2.05) is 13.0 Å². The van der Waals surface area contributed by atoms with Gasteiger partial charge in [-0.15, -0.1) is 11.3 Å². The van der Waals surface area contributed by atoms with Crippen molar-refractivity contribution in [3.05, 3.63) is 61.8 Å². The van der Waals surface area contributed by atoms with Crippen molar-refractivity contribution >= 4 is 39.1 Å². The molecule has 2 amide bonds. The fourth-order valence-corrected chi connectivity index (χ4v) is 4.90. The van der Waals surface area contributed by atoms with Gasteiger partial charge >= 0.3 is 0 Å². The fraction of sp³-hybridized carbons (Fsp3) is 0.286. The van der Waals surface area contributed by atoms with E-state index < -0.39 is 5.91 Å². The summed E-state index contributed by atoms with van der Waals surface area (Å²) in [7, 11) is 1.58. The first kappa shape index (κ1) is 18.4. The number of carbonyl (C=O) groups excluding carboxylic acids is 2. The summed E-state index contributed by atoms with van der Waals surface area (Å²) in [4.78, 5) is 38.8. The zero-order valence-electron chi connectivity index (χ0n) is 15.7. The number of fused-ring (bicyclic) bond motifs is 2. The van der Waals surface area contributed by atoms with Crippen LogP contribution in [0.25, 0.3) is 11.0 Å². The highest BCUT2D eigenvalue weighted by Gasteiger charge is 2.26. The van der Waals surface area contributed by atoms with Crippen LogP contribution in [0.2, 0.25) is 0 Å². The van der Waals surface area contributed by atoms with E-state index in [1.165, 1.54) is 17.4 Å². The van der Waals surface area contributed by atoms with Gasteiger partial charge in [0.15, 0.2) is 11.2 Å². The van der Waals surface area contributed by atoms with Crippen LogP contribution in [0.5, 0.6) is 0 Å². The van der Waals surface area contributed by atoms with Gasteiger partial charge in [-0.25, -0.2) is 0 Å². The molecule has 6 nitrogen and oxygen atoms in total. The monoisotopic (exact) mass is 396 g/mol. The van der Waals surface area contributed by atoms with Crippen molar-refractivity contribution in [2.24, 2.45) is 0 Å². The van der Waals surface area contributed by atoms with Crippen molar-refractivity contribution < 1.29 is 14.0 Å². The standard InChI is InChI=1S/C21H20N2O4S/c1-11-6-5-8-12-14(24)10-15(27-18(11)12)19(25)23-21-17(20(26)22-2)13-7-3-4-9-16(13)28-21/h5-6,8,10H,3-4,7,9H2,1-2H3,(H,22,26)(H,23,25). The molecule has 2 aromatic heterocycles. The number of para-hydroxylation sites is 1. The average molecular weight is 396 g/mol. The van der Waals surface area contributed by atoms with E-state index in [2.05, 4.69) is 10.6 Å². The Morgan fingerprint density at radius 2 is 1.93 bits per heavy atom. The number of nitrogens with one attached hydrogen (secondary N) is 2. The van der Waals surface area contributed by atoms with Crippen molar-refractivity contribution in [3.63, 3.8) is 0 Å². The molecule has 144 valence electrons. The summed E-state index contributed by atoms with van der Waals surface area (Å²) in [6.07, 6.45) is 3.84. The molecule has 2 heterocycles. The van der Waals surface area contributed by atoms with Crippen LogP contribution in [-0.4, -0.2) is 18.9 Å². The van der Waals surface area contributed by atoms with Gasteiger partial charge < -0.3 is 15.1 Å². The van der Waals surface area contributed by atoms with Gasteiger partial charge in [0.2, 0.25) is 0 Å². The molecule has 0 aliphatic heterocycles. The van der Waals surface area contributed by atoms with E-state index in [1.54, 1.807) is 19.2 Å². The molecule has 1 aliphatic carbocycles. The van der Waals surface area contributed by atoms with Crippen molar-refractivity contribution in [3.8, 4) is 0 Å². The Morgan fingerprint density at radius 3 is 2.71 bits per heavy atom. The number of benzene rings is 1. The number of amides is 2. The molecule has 1 aliphatic rings. The second kappa shape index (κ2) is 7.24. The van der Waals surface area contributed by atoms with Gasteiger partial charge in [-0.05, 0) is 49.8 Å². The zero-order chi connectivity index (χ0) is 19.8. The summed E-state index contributed by atoms with van der Waals surface area (Å²) in [6, 6.07) is 6.47. The van der Waals surface area contributed by atoms with E-state index in [0.717, 1.165) is 41.7 Å². The van der Waals surface area contributed by atoms with E-state index in [9.17, 15) is 14.4 Å². The molecule has 7 heteroatoms. The summed E-state index contributed by atoms with van der Waals surface area (Å²) in [5.74, 6) is -0.822. The summed E-state index contributed by atoms with van der Waals surface area (Å²) in [5.41, 5.74) is 2.45. The van der Waals surface area contributed by atoms with Crippen LogP contribution >= 0.6 is 11.3 Å². The quantitative estimate of drug-likeness (QED) is 0.707. The van der Waals surface area contributed by atoms with Gasteiger partial charge in [0.1, 0.15) is 10.6 Å². The lowest BCUT2D eigenvalue weighted by atomic mass is 9.95. The van der Waals surface area contributed by atoms with Crippen molar-refractivity contribution in [2.45, 2.75) is 32.6 Å². The SMILES string of the molecule is CNC(=O)c1c(NC(=O)c2cc(=O)c3cccc(C)c3o2)sc2c1CCCC2. The summed E-state index contributed by atoms with van der Waals surface area (Å²) < 4.78 is 5.73. The summed E-state index contributed by atoms with van der Waals surface area (Å²) in [6.45, 7) is 1.82. The van der Waals surface area contributed by atoms with Crippen molar-refractivity contribution in [1.29, 1.82) is 0 Å². The molecule has 0 spiro atoms. The molecule has 0 fully saturated rings. The lowest BCUT2D eigenvalue weighted by Crippen LogP contribution is -2.22. The maximum Gasteiger partial charge on any atom is 0.292 e. The normalized spacial score (nSPS) is 13.2. The molecule has 0 saturated heterocycles. The predicted molar refractivity (Wildman–Crippen MR) is 110 cm³/mol. The Balaban J connectivity index is 1.74. The van der Waals surface area contributed by atoms with Gasteiger partial charge in [0, 0.05) is 18.0 Å². The molecule has 0 saturated carbocycles. The lowest BCUT2D eigenvalue weighted by Gasteiger charge is -2.12. The van der Waals surface area contributed by atoms with Crippen molar-refractivity contribution in [2.75, 3.05) is 12.4 Å². The van der Waals surface area contributed by atoms with E-state index in [-0.39, 0.29) is 17.1 Å². The number of anilines is 1. The Hall–Kier alpha value is -2.93. The number of rotatable bonds is 3. The molecule has 0 bridgehead atoms. The molecular weight excluding hydrogens is 376 g/mol. The third kappa shape index (κ3) is 3.11. The summed E-state index contributed by atoms with van der Waals surface area (Å²) in [5, 5.41) is 6.39. The first-order valence-corrected chi connectivity index (χ1v) is 10.0. The Kier molecular flexibility index (Phi) is 4.77. The minimum absolute atomic E-state index is 0.0685. The first-order valence-electron chi connectivity index (χ1n) is 9.21. The lowest BCUT2D eigenvalue weighted by molar-refractivity contribution is 0.0963. The van der Waals surface area contributed by atoms with Crippen LogP contribution in [0.4, 0.5) is 5.00 Å². The largest absolute Gasteiger partial charge is 0.450 e. The Bertz CT molecular complexity index is 1160. The van der Waals surface area contributed by atoms with Crippen LogP contribution in [0, 0.1) is 6.92 Å². The minimum atomic E-state index is -0.536. The number of aryl methyl sites for hydroxylation is 2.